The van der Waals surface area contributed by atoms with E-state index in [1.54, 1.807) is 19.2 Å². The summed E-state index contributed by atoms with van der Waals surface area (Å²) in [6.07, 6.45) is 0.877. The predicted octanol–water partition coefficient (Wildman–Crippen LogP) is 2.44. The number of benzene rings is 1. The minimum Gasteiger partial charge on any atom is -0.207 e. The normalized spacial score (nSPS) is 12.0. The molecule has 3 nitrogen and oxygen atoms in total. The van der Waals surface area contributed by atoms with E-state index in [0.29, 0.717) is 11.4 Å². The second-order valence-electron chi connectivity index (χ2n) is 3.68. The topological polar surface area (TPSA) is 37.4 Å². The zero-order valence-corrected chi connectivity index (χ0v) is 12.5. The lowest BCUT2D eigenvalue weighted by molar-refractivity contribution is 0.470. The van der Waals surface area contributed by atoms with Crippen molar-refractivity contribution in [2.45, 2.75) is 18.2 Å². The van der Waals surface area contributed by atoms with Crippen molar-refractivity contribution in [3.05, 3.63) is 29.8 Å². The number of aryl methyl sites for hydroxylation is 1. The van der Waals surface area contributed by atoms with Gasteiger partial charge in [0.1, 0.15) is 0 Å². The van der Waals surface area contributed by atoms with Gasteiger partial charge in [0.25, 0.3) is 0 Å². The van der Waals surface area contributed by atoms with Crippen LogP contribution < -0.4 is 0 Å². The molecule has 1 rings (SSSR count). The van der Waals surface area contributed by atoms with Crippen LogP contribution >= 0.6 is 22.6 Å². The third-order valence-electron chi connectivity index (χ3n) is 2.34. The van der Waals surface area contributed by atoms with Crippen LogP contribution in [-0.2, 0) is 10.0 Å². The number of nitrogens with zero attached hydrogens (tertiary/aromatic N) is 1. The predicted molar refractivity (Wildman–Crippen MR) is 74.5 cm³/mol. The number of hydrogen-bond acceptors (Lipinski definition) is 2. The molecule has 0 aliphatic rings. The van der Waals surface area contributed by atoms with Gasteiger partial charge < -0.3 is 0 Å². The van der Waals surface area contributed by atoms with Crippen LogP contribution in [0.1, 0.15) is 12.0 Å². The molecule has 0 aliphatic carbocycles. The molecular weight excluding hydrogens is 337 g/mol. The van der Waals surface area contributed by atoms with Crippen LogP contribution in [-0.4, -0.2) is 30.7 Å². The van der Waals surface area contributed by atoms with E-state index >= 15 is 0 Å². The molecule has 90 valence electrons. The van der Waals surface area contributed by atoms with Gasteiger partial charge in [-0.05, 0) is 25.5 Å². The molecule has 0 saturated carbocycles. The Kier molecular flexibility index (Phi) is 5.20. The fourth-order valence-corrected chi connectivity index (χ4v) is 2.84. The Morgan fingerprint density at radius 2 is 1.81 bits per heavy atom. The largest absolute Gasteiger partial charge is 0.242 e. The van der Waals surface area contributed by atoms with Gasteiger partial charge in [0.05, 0.1) is 4.90 Å². The van der Waals surface area contributed by atoms with Gasteiger partial charge >= 0.3 is 0 Å². The average molecular weight is 353 g/mol. The van der Waals surface area contributed by atoms with Crippen LogP contribution in [0, 0.1) is 6.92 Å². The summed E-state index contributed by atoms with van der Waals surface area (Å²) in [5.74, 6) is 0. The van der Waals surface area contributed by atoms with E-state index in [2.05, 4.69) is 22.6 Å². The summed E-state index contributed by atoms with van der Waals surface area (Å²) in [6, 6.07) is 6.95. The maximum absolute atomic E-state index is 12.1. The summed E-state index contributed by atoms with van der Waals surface area (Å²) in [5, 5.41) is 0. The molecule has 0 atom stereocenters. The molecule has 0 fully saturated rings. The monoisotopic (exact) mass is 353 g/mol. The van der Waals surface area contributed by atoms with Gasteiger partial charge in [0, 0.05) is 18.0 Å². The third kappa shape index (κ3) is 3.43. The van der Waals surface area contributed by atoms with Crippen LogP contribution in [0.5, 0.6) is 0 Å². The highest BCUT2D eigenvalue weighted by Crippen LogP contribution is 2.15. The van der Waals surface area contributed by atoms with E-state index in [1.807, 2.05) is 19.1 Å². The summed E-state index contributed by atoms with van der Waals surface area (Å²) < 4.78 is 26.5. The molecule has 0 aliphatic heterocycles. The molecule has 0 saturated heterocycles. The maximum Gasteiger partial charge on any atom is 0.242 e. The molecule has 1 aromatic carbocycles. The first kappa shape index (κ1) is 13.9. The van der Waals surface area contributed by atoms with Crippen LogP contribution in [0.3, 0.4) is 0 Å². The van der Waals surface area contributed by atoms with E-state index in [4.69, 9.17) is 0 Å². The molecule has 0 amide bonds. The van der Waals surface area contributed by atoms with Crippen molar-refractivity contribution in [2.75, 3.05) is 18.0 Å². The lowest BCUT2D eigenvalue weighted by Crippen LogP contribution is -2.28. The van der Waals surface area contributed by atoms with Crippen molar-refractivity contribution in [3.8, 4) is 0 Å². The molecule has 0 unspecified atom stereocenters. The van der Waals surface area contributed by atoms with Gasteiger partial charge in [-0.25, -0.2) is 12.7 Å². The molecule has 0 spiro atoms. The molecule has 16 heavy (non-hydrogen) atoms. The van der Waals surface area contributed by atoms with Crippen LogP contribution in [0.15, 0.2) is 29.2 Å². The number of sulfonamides is 1. The van der Waals surface area contributed by atoms with Crippen molar-refractivity contribution in [1.82, 2.24) is 4.31 Å². The lowest BCUT2D eigenvalue weighted by atomic mass is 10.2. The molecule has 0 heterocycles. The second kappa shape index (κ2) is 5.97. The summed E-state index contributed by atoms with van der Waals surface area (Å²) in [5.41, 5.74) is 1.06. The highest BCUT2D eigenvalue weighted by atomic mass is 127. The van der Waals surface area contributed by atoms with Crippen molar-refractivity contribution in [1.29, 1.82) is 0 Å². The van der Waals surface area contributed by atoms with Gasteiger partial charge in [0.2, 0.25) is 10.0 Å². The number of halogens is 1. The Morgan fingerprint density at radius 3 is 2.31 bits per heavy atom. The van der Waals surface area contributed by atoms with E-state index in [1.165, 1.54) is 4.31 Å². The molecule has 0 N–H and O–H groups in total. The van der Waals surface area contributed by atoms with E-state index in [0.717, 1.165) is 16.4 Å². The van der Waals surface area contributed by atoms with Crippen LogP contribution in [0.25, 0.3) is 0 Å². The highest BCUT2D eigenvalue weighted by molar-refractivity contribution is 14.1. The zero-order chi connectivity index (χ0) is 12.2. The number of rotatable bonds is 5. The SMILES string of the molecule is Cc1ccc(S(=O)(=O)N(C)CCCI)cc1. The average Bonchev–Trinajstić information content (AvgIpc) is 2.26. The molecule has 0 bridgehead atoms. The first-order valence-corrected chi connectivity index (χ1v) is 8.04. The Balaban J connectivity index is 2.89. The zero-order valence-electron chi connectivity index (χ0n) is 9.48. The van der Waals surface area contributed by atoms with E-state index in [9.17, 15) is 8.42 Å². The fourth-order valence-electron chi connectivity index (χ4n) is 1.29. The van der Waals surface area contributed by atoms with Crippen LogP contribution in [0.4, 0.5) is 0 Å². The summed E-state index contributed by atoms with van der Waals surface area (Å²) in [6.45, 7) is 2.51. The Hall–Kier alpha value is -0.140. The summed E-state index contributed by atoms with van der Waals surface area (Å²) >= 11 is 2.25. The molecule has 0 aromatic heterocycles. The summed E-state index contributed by atoms with van der Waals surface area (Å²) in [7, 11) is -1.67. The fraction of sp³-hybridized carbons (Fsp3) is 0.455. The van der Waals surface area contributed by atoms with E-state index in [-0.39, 0.29) is 0 Å². The van der Waals surface area contributed by atoms with E-state index < -0.39 is 10.0 Å². The van der Waals surface area contributed by atoms with Crippen molar-refractivity contribution < 1.29 is 8.42 Å². The highest BCUT2D eigenvalue weighted by Gasteiger charge is 2.19. The number of alkyl halides is 1. The van der Waals surface area contributed by atoms with Crippen LogP contribution in [0.2, 0.25) is 0 Å². The second-order valence-corrected chi connectivity index (χ2v) is 6.81. The van der Waals surface area contributed by atoms with Gasteiger partial charge in [-0.2, -0.15) is 0 Å². The first-order chi connectivity index (χ1) is 7.48. The summed E-state index contributed by atoms with van der Waals surface area (Å²) in [4.78, 5) is 0.369. The molecule has 5 heteroatoms. The number of hydrogen-bond donors (Lipinski definition) is 0. The minimum absolute atomic E-state index is 0.369. The minimum atomic E-state index is -3.30. The third-order valence-corrected chi connectivity index (χ3v) is 4.97. The van der Waals surface area contributed by atoms with Crippen molar-refractivity contribution >= 4 is 32.6 Å². The smallest absolute Gasteiger partial charge is 0.207 e. The van der Waals surface area contributed by atoms with Gasteiger partial charge in [0.15, 0.2) is 0 Å². The van der Waals surface area contributed by atoms with Crippen molar-refractivity contribution in [2.24, 2.45) is 0 Å². The van der Waals surface area contributed by atoms with Gasteiger partial charge in [-0.1, -0.05) is 40.3 Å². The van der Waals surface area contributed by atoms with Gasteiger partial charge in [-0.15, -0.1) is 0 Å². The molecular formula is C11H16INO2S. The van der Waals surface area contributed by atoms with Crippen molar-refractivity contribution in [3.63, 3.8) is 0 Å². The van der Waals surface area contributed by atoms with Gasteiger partial charge in [-0.3, -0.25) is 0 Å². The lowest BCUT2D eigenvalue weighted by Gasteiger charge is -2.16. The Labute approximate surface area is 111 Å². The maximum atomic E-state index is 12.1. The molecule has 0 radical (unpaired) electrons. The first-order valence-electron chi connectivity index (χ1n) is 5.07. The standard InChI is InChI=1S/C11H16INO2S/c1-10-4-6-11(7-5-10)16(14,15)13(2)9-3-8-12/h4-7H,3,8-9H2,1-2H3. The quantitative estimate of drug-likeness (QED) is 0.602. The Bertz CT molecular complexity index is 428. The molecule has 1 aromatic rings. The Morgan fingerprint density at radius 1 is 1.25 bits per heavy atom.